The molecule has 1 aromatic heterocycles. The largest absolute Gasteiger partial charge is 0.451 e. The van der Waals surface area contributed by atoms with Gasteiger partial charge >= 0.3 is 0 Å². The molecule has 0 saturated carbocycles. The number of amides is 1. The molecule has 1 heterocycles. The summed E-state index contributed by atoms with van der Waals surface area (Å²) in [6, 6.07) is 8.77. The number of primary amides is 1. The van der Waals surface area contributed by atoms with Crippen LogP contribution in [0.4, 0.5) is 0 Å². The highest BCUT2D eigenvalue weighted by molar-refractivity contribution is 6.31. The van der Waals surface area contributed by atoms with Crippen molar-refractivity contribution < 1.29 is 9.21 Å². The standard InChI is InChI=1S/C12H10ClNO2/c1-7-8(3-2-4-9(7)13)10-5-6-11(16-10)12(14)15/h2-6H,1H3,(H2,14,15). The molecule has 1 amide bonds. The summed E-state index contributed by atoms with van der Waals surface area (Å²) in [7, 11) is 0. The maximum absolute atomic E-state index is 10.9. The molecule has 16 heavy (non-hydrogen) atoms. The Kier molecular flexibility index (Phi) is 2.71. The fourth-order valence-electron chi connectivity index (χ4n) is 1.49. The molecule has 2 aromatic rings. The summed E-state index contributed by atoms with van der Waals surface area (Å²) >= 11 is 6.00. The van der Waals surface area contributed by atoms with Crippen LogP contribution in [-0.4, -0.2) is 5.91 Å². The van der Waals surface area contributed by atoms with Crippen LogP contribution in [0.2, 0.25) is 5.02 Å². The van der Waals surface area contributed by atoms with Gasteiger partial charge in [0.05, 0.1) is 0 Å². The molecule has 0 spiro atoms. The number of hydrogen-bond acceptors (Lipinski definition) is 2. The molecule has 4 heteroatoms. The molecule has 0 bridgehead atoms. The predicted octanol–water partition coefficient (Wildman–Crippen LogP) is 3.01. The zero-order chi connectivity index (χ0) is 11.7. The Bertz CT molecular complexity index is 546. The molecule has 3 nitrogen and oxygen atoms in total. The fraction of sp³-hybridized carbons (Fsp3) is 0.0833. The summed E-state index contributed by atoms with van der Waals surface area (Å²) in [4.78, 5) is 10.9. The third-order valence-corrected chi connectivity index (χ3v) is 2.79. The zero-order valence-electron chi connectivity index (χ0n) is 8.66. The number of benzene rings is 1. The number of furan rings is 1. The number of hydrogen-bond donors (Lipinski definition) is 1. The van der Waals surface area contributed by atoms with Gasteiger partial charge in [0.1, 0.15) is 5.76 Å². The van der Waals surface area contributed by atoms with Crippen molar-refractivity contribution in [2.24, 2.45) is 5.73 Å². The average Bonchev–Trinajstić information content (AvgIpc) is 2.71. The van der Waals surface area contributed by atoms with Gasteiger partial charge < -0.3 is 10.2 Å². The van der Waals surface area contributed by atoms with Crippen LogP contribution in [0.1, 0.15) is 16.1 Å². The summed E-state index contributed by atoms with van der Waals surface area (Å²) < 4.78 is 5.33. The Morgan fingerprint density at radius 2 is 2.06 bits per heavy atom. The summed E-state index contributed by atoms with van der Waals surface area (Å²) in [5.41, 5.74) is 6.89. The maximum Gasteiger partial charge on any atom is 0.284 e. The van der Waals surface area contributed by atoms with Crippen molar-refractivity contribution in [2.45, 2.75) is 6.92 Å². The van der Waals surface area contributed by atoms with Gasteiger partial charge in [0.15, 0.2) is 5.76 Å². The van der Waals surface area contributed by atoms with Crippen molar-refractivity contribution in [3.8, 4) is 11.3 Å². The van der Waals surface area contributed by atoms with Crippen LogP contribution in [-0.2, 0) is 0 Å². The van der Waals surface area contributed by atoms with Gasteiger partial charge in [-0.2, -0.15) is 0 Å². The highest BCUT2D eigenvalue weighted by atomic mass is 35.5. The lowest BCUT2D eigenvalue weighted by Gasteiger charge is -2.03. The predicted molar refractivity (Wildman–Crippen MR) is 62.4 cm³/mol. The Morgan fingerprint density at radius 1 is 1.31 bits per heavy atom. The number of carbonyl (C=O) groups is 1. The van der Waals surface area contributed by atoms with Crippen LogP contribution in [0, 0.1) is 6.92 Å². The number of rotatable bonds is 2. The second kappa shape index (κ2) is 4.02. The Balaban J connectivity index is 2.50. The van der Waals surface area contributed by atoms with E-state index < -0.39 is 5.91 Å². The summed E-state index contributed by atoms with van der Waals surface area (Å²) in [5, 5.41) is 0.662. The minimum Gasteiger partial charge on any atom is -0.451 e. The fourth-order valence-corrected chi connectivity index (χ4v) is 1.66. The quantitative estimate of drug-likeness (QED) is 0.870. The van der Waals surface area contributed by atoms with E-state index in [1.165, 1.54) is 0 Å². The third-order valence-electron chi connectivity index (χ3n) is 2.38. The van der Waals surface area contributed by atoms with Crippen LogP contribution in [0.15, 0.2) is 34.7 Å². The lowest BCUT2D eigenvalue weighted by molar-refractivity contribution is 0.0974. The molecular formula is C12H10ClNO2. The smallest absolute Gasteiger partial charge is 0.284 e. The van der Waals surface area contributed by atoms with Crippen LogP contribution >= 0.6 is 11.6 Å². The van der Waals surface area contributed by atoms with E-state index in [9.17, 15) is 4.79 Å². The first-order valence-corrected chi connectivity index (χ1v) is 5.12. The van der Waals surface area contributed by atoms with E-state index in [1.54, 1.807) is 18.2 Å². The zero-order valence-corrected chi connectivity index (χ0v) is 9.41. The molecular weight excluding hydrogens is 226 g/mol. The van der Waals surface area contributed by atoms with Crippen molar-refractivity contribution in [3.63, 3.8) is 0 Å². The molecule has 0 radical (unpaired) electrons. The monoisotopic (exact) mass is 235 g/mol. The molecule has 0 aliphatic carbocycles. The van der Waals surface area contributed by atoms with Crippen molar-refractivity contribution in [1.29, 1.82) is 0 Å². The highest BCUT2D eigenvalue weighted by Gasteiger charge is 2.11. The average molecular weight is 236 g/mol. The minimum atomic E-state index is -0.578. The summed E-state index contributed by atoms with van der Waals surface area (Å²) in [6.45, 7) is 1.89. The van der Waals surface area contributed by atoms with E-state index in [2.05, 4.69) is 0 Å². The van der Waals surface area contributed by atoms with Gasteiger partial charge in [0.25, 0.3) is 5.91 Å². The number of nitrogens with two attached hydrogens (primary N) is 1. The van der Waals surface area contributed by atoms with E-state index >= 15 is 0 Å². The second-order valence-electron chi connectivity index (χ2n) is 3.44. The van der Waals surface area contributed by atoms with E-state index in [-0.39, 0.29) is 5.76 Å². The Labute approximate surface area is 97.8 Å². The van der Waals surface area contributed by atoms with Gasteiger partial charge in [-0.3, -0.25) is 4.79 Å². The van der Waals surface area contributed by atoms with Crippen molar-refractivity contribution >= 4 is 17.5 Å². The van der Waals surface area contributed by atoms with Gasteiger partial charge in [-0.05, 0) is 30.7 Å². The molecule has 0 atom stereocenters. The van der Waals surface area contributed by atoms with E-state index in [1.807, 2.05) is 19.1 Å². The molecule has 2 rings (SSSR count). The highest BCUT2D eigenvalue weighted by Crippen LogP contribution is 2.29. The second-order valence-corrected chi connectivity index (χ2v) is 3.85. The van der Waals surface area contributed by atoms with Gasteiger partial charge in [-0.15, -0.1) is 0 Å². The van der Waals surface area contributed by atoms with E-state index in [4.69, 9.17) is 21.8 Å². The van der Waals surface area contributed by atoms with Crippen LogP contribution in [0.5, 0.6) is 0 Å². The van der Waals surface area contributed by atoms with Crippen molar-refractivity contribution in [1.82, 2.24) is 0 Å². The number of carbonyl (C=O) groups excluding carboxylic acids is 1. The Morgan fingerprint density at radius 3 is 2.69 bits per heavy atom. The first-order valence-electron chi connectivity index (χ1n) is 4.74. The first-order chi connectivity index (χ1) is 7.59. The lowest BCUT2D eigenvalue weighted by Crippen LogP contribution is -2.09. The molecule has 0 aliphatic heterocycles. The topological polar surface area (TPSA) is 56.2 Å². The van der Waals surface area contributed by atoms with Crippen molar-refractivity contribution in [3.05, 3.63) is 46.7 Å². The Hall–Kier alpha value is -1.74. The van der Waals surface area contributed by atoms with Gasteiger partial charge in [-0.1, -0.05) is 23.7 Å². The van der Waals surface area contributed by atoms with Crippen LogP contribution < -0.4 is 5.73 Å². The maximum atomic E-state index is 10.9. The molecule has 0 aliphatic rings. The molecule has 1 aromatic carbocycles. The molecule has 0 unspecified atom stereocenters. The van der Waals surface area contributed by atoms with E-state index in [0.717, 1.165) is 11.1 Å². The minimum absolute atomic E-state index is 0.148. The SMILES string of the molecule is Cc1c(Cl)cccc1-c1ccc(C(N)=O)o1. The van der Waals surface area contributed by atoms with Crippen LogP contribution in [0.3, 0.4) is 0 Å². The van der Waals surface area contributed by atoms with Crippen molar-refractivity contribution in [2.75, 3.05) is 0 Å². The first kappa shape index (κ1) is 10.8. The normalized spacial score (nSPS) is 10.4. The van der Waals surface area contributed by atoms with Gasteiger partial charge in [0, 0.05) is 10.6 Å². The molecule has 2 N–H and O–H groups in total. The molecule has 82 valence electrons. The van der Waals surface area contributed by atoms with Gasteiger partial charge in [-0.25, -0.2) is 0 Å². The molecule has 0 fully saturated rings. The number of halogens is 1. The van der Waals surface area contributed by atoms with Crippen LogP contribution in [0.25, 0.3) is 11.3 Å². The summed E-state index contributed by atoms with van der Waals surface area (Å²) in [5.74, 6) is 0.161. The third kappa shape index (κ3) is 1.82. The van der Waals surface area contributed by atoms with Gasteiger partial charge in [0.2, 0.25) is 0 Å². The summed E-state index contributed by atoms with van der Waals surface area (Å²) in [6.07, 6.45) is 0. The lowest BCUT2D eigenvalue weighted by atomic mass is 10.1. The molecule has 0 saturated heterocycles. The van der Waals surface area contributed by atoms with E-state index in [0.29, 0.717) is 10.8 Å².